The number of anilines is 1. The van der Waals surface area contributed by atoms with E-state index in [0.29, 0.717) is 5.69 Å². The van der Waals surface area contributed by atoms with E-state index in [1.54, 1.807) is 0 Å². The molecule has 1 aromatic carbocycles. The number of rotatable bonds is 2. The zero-order valence-corrected chi connectivity index (χ0v) is 8.01. The molecule has 14 heavy (non-hydrogen) atoms. The molecule has 0 aliphatic heterocycles. The second-order valence-corrected chi connectivity index (χ2v) is 3.66. The SMILES string of the molecule is O=CC(=O)Nc1csc2ccccc12. The van der Waals surface area contributed by atoms with Crippen LogP contribution in [0.15, 0.2) is 29.6 Å². The van der Waals surface area contributed by atoms with Gasteiger partial charge in [0.25, 0.3) is 5.91 Å². The van der Waals surface area contributed by atoms with Crippen LogP contribution in [0.4, 0.5) is 5.69 Å². The number of nitrogens with one attached hydrogen (secondary N) is 1. The van der Waals surface area contributed by atoms with Gasteiger partial charge in [-0.15, -0.1) is 11.3 Å². The largest absolute Gasteiger partial charge is 0.318 e. The van der Waals surface area contributed by atoms with Crippen LogP contribution in [0.2, 0.25) is 0 Å². The molecule has 0 spiro atoms. The number of benzene rings is 1. The molecule has 0 bridgehead atoms. The maximum atomic E-state index is 10.8. The predicted octanol–water partition coefficient (Wildman–Crippen LogP) is 2.04. The lowest BCUT2D eigenvalue weighted by Crippen LogP contribution is -2.11. The topological polar surface area (TPSA) is 46.2 Å². The number of hydrogen-bond donors (Lipinski definition) is 1. The van der Waals surface area contributed by atoms with Crippen molar-refractivity contribution in [2.24, 2.45) is 0 Å². The summed E-state index contributed by atoms with van der Waals surface area (Å²) in [6.07, 6.45) is 0.270. The Hall–Kier alpha value is -1.68. The summed E-state index contributed by atoms with van der Waals surface area (Å²) in [6, 6.07) is 7.71. The van der Waals surface area contributed by atoms with E-state index < -0.39 is 5.91 Å². The van der Waals surface area contributed by atoms with Crippen molar-refractivity contribution >= 4 is 39.3 Å². The smallest absolute Gasteiger partial charge is 0.288 e. The molecule has 0 radical (unpaired) electrons. The second-order valence-electron chi connectivity index (χ2n) is 2.75. The summed E-state index contributed by atoms with van der Waals surface area (Å²) in [7, 11) is 0. The number of aldehydes is 1. The lowest BCUT2D eigenvalue weighted by Gasteiger charge is -1.97. The van der Waals surface area contributed by atoms with Gasteiger partial charge < -0.3 is 5.32 Å². The highest BCUT2D eigenvalue weighted by Gasteiger charge is 2.05. The molecule has 2 aromatic rings. The summed E-state index contributed by atoms with van der Waals surface area (Å²) in [4.78, 5) is 21.0. The van der Waals surface area contributed by atoms with Gasteiger partial charge in [0.15, 0.2) is 0 Å². The molecule has 0 aliphatic carbocycles. The Labute approximate surface area is 84.4 Å². The maximum absolute atomic E-state index is 10.8. The highest BCUT2D eigenvalue weighted by molar-refractivity contribution is 7.17. The van der Waals surface area contributed by atoms with Crippen molar-refractivity contribution in [3.05, 3.63) is 29.6 Å². The fraction of sp³-hybridized carbons (Fsp3) is 0. The number of fused-ring (bicyclic) bond motifs is 1. The molecule has 1 heterocycles. The van der Waals surface area contributed by atoms with Gasteiger partial charge >= 0.3 is 0 Å². The number of carbonyl (C=O) groups is 2. The van der Waals surface area contributed by atoms with Crippen molar-refractivity contribution in [2.45, 2.75) is 0 Å². The molecule has 0 saturated heterocycles. The minimum atomic E-state index is -0.617. The van der Waals surface area contributed by atoms with Crippen molar-refractivity contribution in [1.29, 1.82) is 0 Å². The van der Waals surface area contributed by atoms with Gasteiger partial charge in [0.2, 0.25) is 6.29 Å². The number of carbonyl (C=O) groups excluding carboxylic acids is 2. The number of amides is 1. The van der Waals surface area contributed by atoms with Crippen molar-refractivity contribution in [3.63, 3.8) is 0 Å². The molecule has 0 fully saturated rings. The quantitative estimate of drug-likeness (QED) is 0.602. The van der Waals surface area contributed by atoms with Crippen LogP contribution in [0.3, 0.4) is 0 Å². The fourth-order valence-electron chi connectivity index (χ4n) is 1.24. The molecule has 2 rings (SSSR count). The van der Waals surface area contributed by atoms with Crippen molar-refractivity contribution in [2.75, 3.05) is 5.32 Å². The molecule has 70 valence electrons. The number of thiophene rings is 1. The van der Waals surface area contributed by atoms with Crippen molar-refractivity contribution < 1.29 is 9.59 Å². The van der Waals surface area contributed by atoms with E-state index in [0.717, 1.165) is 10.1 Å². The third-order valence-electron chi connectivity index (χ3n) is 1.85. The van der Waals surface area contributed by atoms with Gasteiger partial charge in [-0.3, -0.25) is 9.59 Å². The monoisotopic (exact) mass is 205 g/mol. The zero-order chi connectivity index (χ0) is 9.97. The van der Waals surface area contributed by atoms with E-state index in [-0.39, 0.29) is 6.29 Å². The normalized spacial score (nSPS) is 10.0. The highest BCUT2D eigenvalue weighted by Crippen LogP contribution is 2.29. The molecular formula is C10H7NO2S. The van der Waals surface area contributed by atoms with Crippen LogP contribution in [0.5, 0.6) is 0 Å². The Balaban J connectivity index is 2.43. The van der Waals surface area contributed by atoms with Gasteiger partial charge in [-0.05, 0) is 6.07 Å². The van der Waals surface area contributed by atoms with Gasteiger partial charge in [0.05, 0.1) is 5.69 Å². The van der Waals surface area contributed by atoms with Crippen LogP contribution in [-0.4, -0.2) is 12.2 Å². The molecule has 1 N–H and O–H groups in total. The van der Waals surface area contributed by atoms with Gasteiger partial charge in [-0.25, -0.2) is 0 Å². The molecule has 0 atom stereocenters. The van der Waals surface area contributed by atoms with E-state index in [9.17, 15) is 9.59 Å². The summed E-state index contributed by atoms with van der Waals surface area (Å²) >= 11 is 1.54. The van der Waals surface area contributed by atoms with Crippen LogP contribution in [0.25, 0.3) is 10.1 Å². The molecule has 0 saturated carbocycles. The first-order valence-electron chi connectivity index (χ1n) is 4.03. The molecular weight excluding hydrogens is 198 g/mol. The Morgan fingerprint density at radius 2 is 2.14 bits per heavy atom. The first-order chi connectivity index (χ1) is 6.81. The van der Waals surface area contributed by atoms with E-state index in [2.05, 4.69) is 5.32 Å². The summed E-state index contributed by atoms with van der Waals surface area (Å²) in [5, 5.41) is 5.31. The zero-order valence-electron chi connectivity index (χ0n) is 7.19. The second kappa shape index (κ2) is 3.59. The maximum Gasteiger partial charge on any atom is 0.288 e. The van der Waals surface area contributed by atoms with Gasteiger partial charge in [-0.2, -0.15) is 0 Å². The third-order valence-corrected chi connectivity index (χ3v) is 2.81. The molecule has 1 amide bonds. The summed E-state index contributed by atoms with van der Waals surface area (Å²) in [5.41, 5.74) is 0.697. The first kappa shape index (κ1) is 8.90. The predicted molar refractivity (Wildman–Crippen MR) is 56.5 cm³/mol. The molecule has 0 aliphatic rings. The van der Waals surface area contributed by atoms with Gasteiger partial charge in [0.1, 0.15) is 0 Å². The molecule has 1 aromatic heterocycles. The first-order valence-corrected chi connectivity index (χ1v) is 4.91. The van der Waals surface area contributed by atoms with Crippen LogP contribution in [-0.2, 0) is 9.59 Å². The average Bonchev–Trinajstić information content (AvgIpc) is 2.62. The fourth-order valence-corrected chi connectivity index (χ4v) is 2.13. The Kier molecular flexibility index (Phi) is 2.28. The van der Waals surface area contributed by atoms with Crippen LogP contribution in [0, 0.1) is 0 Å². The van der Waals surface area contributed by atoms with Gasteiger partial charge in [0, 0.05) is 15.5 Å². The van der Waals surface area contributed by atoms with Crippen LogP contribution < -0.4 is 5.32 Å². The number of hydrogen-bond acceptors (Lipinski definition) is 3. The molecule has 0 unspecified atom stereocenters. The lowest BCUT2D eigenvalue weighted by atomic mass is 10.2. The standard InChI is InChI=1S/C10H7NO2S/c12-5-10(13)11-8-6-14-9-4-2-1-3-7(8)9/h1-6H,(H,11,13). The summed E-state index contributed by atoms with van der Waals surface area (Å²) in [5.74, 6) is -0.617. The highest BCUT2D eigenvalue weighted by atomic mass is 32.1. The minimum absolute atomic E-state index is 0.270. The van der Waals surface area contributed by atoms with E-state index in [1.165, 1.54) is 11.3 Å². The van der Waals surface area contributed by atoms with Gasteiger partial charge in [-0.1, -0.05) is 18.2 Å². The Morgan fingerprint density at radius 1 is 1.36 bits per heavy atom. The third kappa shape index (κ3) is 1.52. The molecule has 3 nitrogen and oxygen atoms in total. The van der Waals surface area contributed by atoms with Crippen molar-refractivity contribution in [1.82, 2.24) is 0 Å². The molecule has 4 heteroatoms. The Bertz CT molecular complexity index is 490. The summed E-state index contributed by atoms with van der Waals surface area (Å²) < 4.78 is 1.09. The van der Waals surface area contributed by atoms with Crippen molar-refractivity contribution in [3.8, 4) is 0 Å². The Morgan fingerprint density at radius 3 is 2.93 bits per heavy atom. The lowest BCUT2D eigenvalue weighted by molar-refractivity contribution is -0.127. The van der Waals surface area contributed by atoms with E-state index in [1.807, 2.05) is 29.6 Å². The minimum Gasteiger partial charge on any atom is -0.318 e. The average molecular weight is 205 g/mol. The van der Waals surface area contributed by atoms with Crippen LogP contribution in [0.1, 0.15) is 0 Å². The van der Waals surface area contributed by atoms with E-state index >= 15 is 0 Å². The summed E-state index contributed by atoms with van der Waals surface area (Å²) in [6.45, 7) is 0. The van der Waals surface area contributed by atoms with Crippen LogP contribution >= 0.6 is 11.3 Å². The van der Waals surface area contributed by atoms with E-state index in [4.69, 9.17) is 0 Å².